The minimum absolute atomic E-state index is 0.247. The van der Waals surface area contributed by atoms with Crippen LogP contribution in [0, 0.1) is 6.92 Å². The van der Waals surface area contributed by atoms with E-state index in [1.165, 1.54) is 10.6 Å². The van der Waals surface area contributed by atoms with E-state index in [0.717, 1.165) is 16.9 Å². The minimum Gasteiger partial charge on any atom is -0.457 e. The van der Waals surface area contributed by atoms with Crippen LogP contribution in [0.1, 0.15) is 21.5 Å². The van der Waals surface area contributed by atoms with E-state index in [-0.39, 0.29) is 5.91 Å². The molecule has 0 spiro atoms. The molecule has 0 radical (unpaired) electrons. The Labute approximate surface area is 176 Å². The van der Waals surface area contributed by atoms with Gasteiger partial charge in [0.25, 0.3) is 5.91 Å². The maximum atomic E-state index is 12.6. The summed E-state index contributed by atoms with van der Waals surface area (Å²) in [6.07, 6.45) is 1.78. The molecule has 7 heteroatoms. The molecule has 3 aromatic rings. The first-order valence-electron chi connectivity index (χ1n) is 9.56. The zero-order valence-electron chi connectivity index (χ0n) is 16.8. The summed E-state index contributed by atoms with van der Waals surface area (Å²) in [6.45, 7) is 2.41. The average Bonchev–Trinajstić information content (AvgIpc) is 3.13. The number of nitrogens with one attached hydrogen (secondary N) is 1. The molecule has 1 N–H and O–H groups in total. The van der Waals surface area contributed by atoms with Gasteiger partial charge in [-0.1, -0.05) is 12.1 Å². The first kappa shape index (κ1) is 20.0. The molecular weight excluding hydrogens is 400 g/mol. The molecule has 0 atom stereocenters. The maximum Gasteiger partial charge on any atom is 0.255 e. The summed E-state index contributed by atoms with van der Waals surface area (Å²) >= 11 is 0. The Bertz CT molecular complexity index is 1200. The number of hydrogen-bond donors (Lipinski definition) is 1. The fourth-order valence-corrected chi connectivity index (χ4v) is 4.44. The van der Waals surface area contributed by atoms with Crippen LogP contribution in [0.5, 0.6) is 11.5 Å². The highest BCUT2D eigenvalue weighted by molar-refractivity contribution is 7.92. The largest absolute Gasteiger partial charge is 0.457 e. The topological polar surface area (TPSA) is 75.7 Å². The highest BCUT2D eigenvalue weighted by Gasteiger charge is 2.26. The molecule has 0 unspecified atom stereocenters. The van der Waals surface area contributed by atoms with E-state index in [9.17, 15) is 13.2 Å². The first-order chi connectivity index (χ1) is 14.3. The molecule has 6 nitrogen and oxygen atoms in total. The predicted octanol–water partition coefficient (Wildman–Crippen LogP) is 4.36. The van der Waals surface area contributed by atoms with Crippen LogP contribution >= 0.6 is 0 Å². The number of fused-ring (bicyclic) bond motifs is 1. The average molecular weight is 423 g/mol. The Hall–Kier alpha value is -3.32. The van der Waals surface area contributed by atoms with Gasteiger partial charge in [-0.2, -0.15) is 0 Å². The second-order valence-electron chi connectivity index (χ2n) is 7.33. The van der Waals surface area contributed by atoms with Crippen LogP contribution in [-0.2, 0) is 16.4 Å². The Balaban J connectivity index is 1.44. The van der Waals surface area contributed by atoms with Crippen molar-refractivity contribution >= 4 is 27.3 Å². The van der Waals surface area contributed by atoms with Gasteiger partial charge >= 0.3 is 0 Å². The SMILES string of the molecule is Cc1cccc(Oc2ccc(NC(=O)c3ccc4c(c3)CCN4S(C)(=O)=O)cc2)c1. The minimum atomic E-state index is -3.31. The first-order valence-corrected chi connectivity index (χ1v) is 11.4. The molecule has 154 valence electrons. The second kappa shape index (κ2) is 7.84. The normalized spacial score (nSPS) is 13.1. The molecule has 0 fully saturated rings. The lowest BCUT2D eigenvalue weighted by Crippen LogP contribution is -2.27. The summed E-state index contributed by atoms with van der Waals surface area (Å²) in [4.78, 5) is 12.6. The molecule has 1 amide bonds. The van der Waals surface area contributed by atoms with Gasteiger partial charge in [0, 0.05) is 17.8 Å². The van der Waals surface area contributed by atoms with Gasteiger partial charge in [0.2, 0.25) is 10.0 Å². The van der Waals surface area contributed by atoms with Crippen molar-refractivity contribution in [2.45, 2.75) is 13.3 Å². The van der Waals surface area contributed by atoms with E-state index in [1.807, 2.05) is 31.2 Å². The number of sulfonamides is 1. The van der Waals surface area contributed by atoms with E-state index in [2.05, 4.69) is 5.32 Å². The van der Waals surface area contributed by atoms with E-state index in [0.29, 0.717) is 35.7 Å². The number of hydrogen-bond acceptors (Lipinski definition) is 4. The van der Waals surface area contributed by atoms with Crippen LogP contribution < -0.4 is 14.4 Å². The van der Waals surface area contributed by atoms with Crippen LogP contribution in [0.2, 0.25) is 0 Å². The second-order valence-corrected chi connectivity index (χ2v) is 9.23. The molecule has 1 aliphatic rings. The van der Waals surface area contributed by atoms with Gasteiger partial charge in [0.15, 0.2) is 0 Å². The zero-order valence-corrected chi connectivity index (χ0v) is 17.6. The van der Waals surface area contributed by atoms with Gasteiger partial charge in [0.05, 0.1) is 11.9 Å². The lowest BCUT2D eigenvalue weighted by atomic mass is 10.1. The van der Waals surface area contributed by atoms with Crippen LogP contribution in [0.4, 0.5) is 11.4 Å². The smallest absolute Gasteiger partial charge is 0.255 e. The number of amides is 1. The number of aryl methyl sites for hydroxylation is 1. The Morgan fingerprint density at radius 1 is 1.00 bits per heavy atom. The summed E-state index contributed by atoms with van der Waals surface area (Å²) in [5.41, 5.74) is 3.76. The van der Waals surface area contributed by atoms with Gasteiger partial charge in [-0.15, -0.1) is 0 Å². The van der Waals surface area contributed by atoms with Crippen molar-refractivity contribution in [1.82, 2.24) is 0 Å². The molecule has 0 aromatic heterocycles. The monoisotopic (exact) mass is 422 g/mol. The summed E-state index contributed by atoms with van der Waals surface area (Å²) in [5, 5.41) is 2.86. The van der Waals surface area contributed by atoms with Gasteiger partial charge < -0.3 is 10.1 Å². The molecule has 0 bridgehead atoms. The van der Waals surface area contributed by atoms with Crippen LogP contribution in [0.15, 0.2) is 66.7 Å². The van der Waals surface area contributed by atoms with Crippen molar-refractivity contribution in [3.05, 3.63) is 83.4 Å². The number of anilines is 2. The lowest BCUT2D eigenvalue weighted by Gasteiger charge is -2.16. The standard InChI is InChI=1S/C23H22N2O4S/c1-16-4-3-5-21(14-16)29-20-9-7-19(8-10-20)24-23(26)18-6-11-22-17(15-18)12-13-25(22)30(2,27)28/h3-11,14-15H,12-13H2,1-2H3,(H,24,26). The molecule has 0 aliphatic carbocycles. The highest BCUT2D eigenvalue weighted by atomic mass is 32.2. The Morgan fingerprint density at radius 3 is 2.47 bits per heavy atom. The quantitative estimate of drug-likeness (QED) is 0.663. The summed E-state index contributed by atoms with van der Waals surface area (Å²) in [6, 6.07) is 20.0. The van der Waals surface area contributed by atoms with Crippen molar-refractivity contribution < 1.29 is 17.9 Å². The zero-order chi connectivity index (χ0) is 21.3. The molecule has 4 rings (SSSR count). The van der Waals surface area contributed by atoms with Gasteiger partial charge in [0.1, 0.15) is 11.5 Å². The van der Waals surface area contributed by atoms with Crippen molar-refractivity contribution in [3.8, 4) is 11.5 Å². The number of rotatable bonds is 5. The van der Waals surface area contributed by atoms with Crippen molar-refractivity contribution in [2.75, 3.05) is 22.4 Å². The number of carbonyl (C=O) groups excluding carboxylic acids is 1. The van der Waals surface area contributed by atoms with E-state index in [1.54, 1.807) is 42.5 Å². The molecular formula is C23H22N2O4S. The number of benzene rings is 3. The third-order valence-corrected chi connectivity index (χ3v) is 6.11. The highest BCUT2D eigenvalue weighted by Crippen LogP contribution is 2.31. The van der Waals surface area contributed by atoms with Crippen molar-refractivity contribution in [1.29, 1.82) is 0 Å². The molecule has 1 aliphatic heterocycles. The van der Waals surface area contributed by atoms with E-state index in [4.69, 9.17) is 4.74 Å². The van der Waals surface area contributed by atoms with Gasteiger partial charge in [-0.3, -0.25) is 9.10 Å². The molecule has 1 heterocycles. The Morgan fingerprint density at radius 2 is 1.77 bits per heavy atom. The fourth-order valence-electron chi connectivity index (χ4n) is 3.48. The van der Waals surface area contributed by atoms with Crippen LogP contribution in [-0.4, -0.2) is 27.1 Å². The van der Waals surface area contributed by atoms with E-state index < -0.39 is 10.0 Å². The summed E-state index contributed by atoms with van der Waals surface area (Å²) in [5.74, 6) is 1.19. The third kappa shape index (κ3) is 4.31. The van der Waals surface area contributed by atoms with E-state index >= 15 is 0 Å². The molecule has 0 saturated heterocycles. The molecule has 3 aromatic carbocycles. The van der Waals surface area contributed by atoms with Gasteiger partial charge in [-0.25, -0.2) is 8.42 Å². The summed E-state index contributed by atoms with van der Waals surface area (Å²) in [7, 11) is -3.31. The Kier molecular flexibility index (Phi) is 5.22. The maximum absolute atomic E-state index is 12.6. The lowest BCUT2D eigenvalue weighted by molar-refractivity contribution is 0.102. The predicted molar refractivity (Wildman–Crippen MR) is 118 cm³/mol. The van der Waals surface area contributed by atoms with Crippen LogP contribution in [0.3, 0.4) is 0 Å². The number of carbonyl (C=O) groups is 1. The molecule has 30 heavy (non-hydrogen) atoms. The van der Waals surface area contributed by atoms with Crippen LogP contribution in [0.25, 0.3) is 0 Å². The van der Waals surface area contributed by atoms with Crippen molar-refractivity contribution in [2.24, 2.45) is 0 Å². The van der Waals surface area contributed by atoms with Crippen molar-refractivity contribution in [3.63, 3.8) is 0 Å². The summed E-state index contributed by atoms with van der Waals surface area (Å²) < 4.78 is 30.9. The number of nitrogens with zero attached hydrogens (tertiary/aromatic N) is 1. The number of ether oxygens (including phenoxy) is 1. The molecule has 0 saturated carbocycles. The fraction of sp³-hybridized carbons (Fsp3) is 0.174. The van der Waals surface area contributed by atoms with Gasteiger partial charge in [-0.05, 0) is 79.1 Å². The third-order valence-electron chi connectivity index (χ3n) is 4.93.